The average Bonchev–Trinajstić information content (AvgIpc) is 2.32. The Morgan fingerprint density at radius 1 is 1.38 bits per heavy atom. The van der Waals surface area contributed by atoms with Crippen molar-refractivity contribution in [2.75, 3.05) is 6.61 Å². The number of hydrogen-bond donors (Lipinski definition) is 0. The van der Waals surface area contributed by atoms with Crippen molar-refractivity contribution in [1.82, 2.24) is 0 Å². The molecule has 0 aliphatic heterocycles. The van der Waals surface area contributed by atoms with Crippen molar-refractivity contribution in [3.8, 4) is 5.75 Å². The van der Waals surface area contributed by atoms with Gasteiger partial charge in [0.1, 0.15) is 12.4 Å². The molecule has 0 aliphatic carbocycles. The highest BCUT2D eigenvalue weighted by Crippen LogP contribution is 2.12. The van der Waals surface area contributed by atoms with Crippen LogP contribution in [0.4, 0.5) is 0 Å². The first-order valence-corrected chi connectivity index (χ1v) is 5.24. The normalized spacial score (nSPS) is 11.8. The van der Waals surface area contributed by atoms with E-state index in [-0.39, 0.29) is 0 Å². The fraction of sp³-hybridized carbons (Fsp3) is 0.214. The number of aliphatic imine (C=N–C) groups is 1. The molecule has 0 aliphatic rings. The van der Waals surface area contributed by atoms with Gasteiger partial charge in [0, 0.05) is 0 Å². The van der Waals surface area contributed by atoms with E-state index in [0.717, 1.165) is 11.4 Å². The average molecular weight is 215 g/mol. The van der Waals surface area contributed by atoms with Crippen molar-refractivity contribution in [1.29, 1.82) is 0 Å². The molecular weight excluding hydrogens is 198 g/mol. The second kappa shape index (κ2) is 6.62. The van der Waals surface area contributed by atoms with Crippen LogP contribution in [-0.2, 0) is 0 Å². The van der Waals surface area contributed by atoms with Gasteiger partial charge in [-0.2, -0.15) is 0 Å². The number of benzene rings is 1. The van der Waals surface area contributed by atoms with Crippen molar-refractivity contribution in [2.45, 2.75) is 13.8 Å². The molecular formula is C14H17NO. The Balaban J connectivity index is 2.56. The lowest BCUT2D eigenvalue weighted by Crippen LogP contribution is -1.99. The Kier molecular flexibility index (Phi) is 5.06. The number of rotatable bonds is 5. The maximum absolute atomic E-state index is 5.58. The van der Waals surface area contributed by atoms with Crippen molar-refractivity contribution in [3.05, 3.63) is 53.8 Å². The van der Waals surface area contributed by atoms with E-state index in [1.54, 1.807) is 0 Å². The summed E-state index contributed by atoms with van der Waals surface area (Å²) in [6.07, 6.45) is 5.75. The molecule has 0 unspecified atom stereocenters. The number of allylic oxidation sites excluding steroid dienone is 3. The predicted molar refractivity (Wildman–Crippen MR) is 69.1 cm³/mol. The van der Waals surface area contributed by atoms with Crippen LogP contribution in [-0.4, -0.2) is 13.3 Å². The molecule has 2 nitrogen and oxygen atoms in total. The van der Waals surface area contributed by atoms with Gasteiger partial charge >= 0.3 is 0 Å². The molecule has 0 fully saturated rings. The van der Waals surface area contributed by atoms with Gasteiger partial charge in [0.15, 0.2) is 0 Å². The number of hydrogen-bond acceptors (Lipinski definition) is 2. The van der Waals surface area contributed by atoms with Gasteiger partial charge in [-0.15, -0.1) is 0 Å². The van der Waals surface area contributed by atoms with Crippen LogP contribution in [0.25, 0.3) is 0 Å². The Morgan fingerprint density at radius 2 is 2.06 bits per heavy atom. The summed E-state index contributed by atoms with van der Waals surface area (Å²) in [6.45, 7) is 7.95. The lowest BCUT2D eigenvalue weighted by atomic mass is 10.2. The Morgan fingerprint density at radius 3 is 2.62 bits per heavy atom. The molecule has 0 atom stereocenters. The summed E-state index contributed by atoms with van der Waals surface area (Å²) >= 11 is 0. The molecule has 16 heavy (non-hydrogen) atoms. The first-order chi connectivity index (χ1) is 7.76. The van der Waals surface area contributed by atoms with Crippen LogP contribution in [0, 0.1) is 6.92 Å². The number of ether oxygens (including phenoxy) is 1. The Hall–Kier alpha value is -1.83. The third-order valence-electron chi connectivity index (χ3n) is 2.09. The minimum atomic E-state index is 0.441. The first kappa shape index (κ1) is 12.2. The summed E-state index contributed by atoms with van der Waals surface area (Å²) in [5.41, 5.74) is 2.04. The Labute approximate surface area is 97.0 Å². The summed E-state index contributed by atoms with van der Waals surface area (Å²) in [5, 5.41) is 0. The van der Waals surface area contributed by atoms with Gasteiger partial charge in [-0.3, -0.25) is 4.99 Å². The van der Waals surface area contributed by atoms with Crippen molar-refractivity contribution < 1.29 is 4.74 Å². The molecule has 1 aromatic carbocycles. The topological polar surface area (TPSA) is 21.6 Å². The zero-order valence-corrected chi connectivity index (χ0v) is 9.81. The molecule has 0 bridgehead atoms. The molecule has 1 aromatic rings. The largest absolute Gasteiger partial charge is 0.487 e. The fourth-order valence-corrected chi connectivity index (χ4v) is 1.15. The summed E-state index contributed by atoms with van der Waals surface area (Å²) < 4.78 is 5.58. The monoisotopic (exact) mass is 215 g/mol. The van der Waals surface area contributed by atoms with Crippen molar-refractivity contribution in [3.63, 3.8) is 0 Å². The molecule has 0 aromatic heterocycles. The van der Waals surface area contributed by atoms with Crippen LogP contribution in [0.15, 0.2) is 53.2 Å². The van der Waals surface area contributed by atoms with Crippen molar-refractivity contribution >= 4 is 6.72 Å². The quantitative estimate of drug-likeness (QED) is 0.544. The summed E-state index contributed by atoms with van der Waals surface area (Å²) in [7, 11) is 0. The molecule has 1 rings (SSSR count). The molecule has 0 spiro atoms. The van der Waals surface area contributed by atoms with Crippen LogP contribution in [0.2, 0.25) is 0 Å². The van der Waals surface area contributed by atoms with Crippen LogP contribution >= 0.6 is 0 Å². The van der Waals surface area contributed by atoms with Crippen LogP contribution in [0.3, 0.4) is 0 Å². The minimum absolute atomic E-state index is 0.441. The van der Waals surface area contributed by atoms with Crippen LogP contribution < -0.4 is 4.74 Å². The van der Waals surface area contributed by atoms with E-state index in [0.29, 0.717) is 6.61 Å². The molecule has 0 heterocycles. The van der Waals surface area contributed by atoms with E-state index in [9.17, 15) is 0 Å². The van der Waals surface area contributed by atoms with E-state index in [1.807, 2.05) is 56.3 Å². The van der Waals surface area contributed by atoms with Gasteiger partial charge in [0.2, 0.25) is 0 Å². The zero-order valence-electron chi connectivity index (χ0n) is 9.81. The van der Waals surface area contributed by atoms with Crippen LogP contribution in [0.1, 0.15) is 12.5 Å². The molecule has 2 heteroatoms. The maximum atomic E-state index is 5.58. The first-order valence-electron chi connectivity index (χ1n) is 5.24. The maximum Gasteiger partial charge on any atom is 0.130 e. The van der Waals surface area contributed by atoms with E-state index in [2.05, 4.69) is 11.7 Å². The third kappa shape index (κ3) is 4.13. The lowest BCUT2D eigenvalue weighted by molar-refractivity contribution is 0.351. The number of nitrogens with zero attached hydrogens (tertiary/aromatic N) is 1. The summed E-state index contributed by atoms with van der Waals surface area (Å²) in [6, 6.07) is 7.94. The molecule has 0 amide bonds. The van der Waals surface area contributed by atoms with Gasteiger partial charge in [-0.25, -0.2) is 0 Å². The molecule has 84 valence electrons. The van der Waals surface area contributed by atoms with Gasteiger partial charge in [0.05, 0.1) is 5.70 Å². The minimum Gasteiger partial charge on any atom is -0.487 e. The molecule has 0 saturated heterocycles. The zero-order chi connectivity index (χ0) is 11.8. The van der Waals surface area contributed by atoms with Crippen LogP contribution in [0.5, 0.6) is 5.75 Å². The second-order valence-corrected chi connectivity index (χ2v) is 3.44. The predicted octanol–water partition coefficient (Wildman–Crippen LogP) is 3.53. The molecule has 0 radical (unpaired) electrons. The van der Waals surface area contributed by atoms with Gasteiger partial charge in [-0.1, -0.05) is 29.8 Å². The van der Waals surface area contributed by atoms with E-state index >= 15 is 0 Å². The smallest absolute Gasteiger partial charge is 0.130 e. The highest BCUT2D eigenvalue weighted by molar-refractivity contribution is 5.31. The van der Waals surface area contributed by atoms with Crippen molar-refractivity contribution in [2.24, 2.45) is 4.99 Å². The second-order valence-electron chi connectivity index (χ2n) is 3.44. The standard InChI is InChI=1S/C14H17NO/c1-4-5-6-13(15-3)11-16-14-9-7-12(2)8-10-14/h4-10H,3,11H2,1-2H3/b5-4-,13-6-. The molecule has 0 N–H and O–H groups in total. The van der Waals surface area contributed by atoms with Gasteiger partial charge in [0.25, 0.3) is 0 Å². The van der Waals surface area contributed by atoms with E-state index < -0.39 is 0 Å². The van der Waals surface area contributed by atoms with E-state index in [4.69, 9.17) is 4.74 Å². The number of aryl methyl sites for hydroxylation is 1. The summed E-state index contributed by atoms with van der Waals surface area (Å²) in [4.78, 5) is 3.89. The van der Waals surface area contributed by atoms with E-state index in [1.165, 1.54) is 5.56 Å². The highest BCUT2D eigenvalue weighted by Gasteiger charge is 1.95. The highest BCUT2D eigenvalue weighted by atomic mass is 16.5. The molecule has 0 saturated carbocycles. The van der Waals surface area contributed by atoms with Gasteiger partial charge in [-0.05, 0) is 38.8 Å². The lowest BCUT2D eigenvalue weighted by Gasteiger charge is -2.05. The fourth-order valence-electron chi connectivity index (χ4n) is 1.15. The summed E-state index contributed by atoms with van der Waals surface area (Å²) in [5.74, 6) is 0.848. The SMILES string of the molecule is C=N/C(=C\C=C/C)COc1ccc(C)cc1. The Bertz CT molecular complexity index is 388. The third-order valence-corrected chi connectivity index (χ3v) is 2.09. The van der Waals surface area contributed by atoms with Gasteiger partial charge < -0.3 is 4.74 Å².